The maximum absolute atomic E-state index is 11.7. The molecule has 2 aromatic rings. The van der Waals surface area contributed by atoms with E-state index in [1.807, 2.05) is 0 Å². The highest BCUT2D eigenvalue weighted by Gasteiger charge is 2.14. The number of hydrogen-bond acceptors (Lipinski definition) is 8. The van der Waals surface area contributed by atoms with E-state index >= 15 is 0 Å². The van der Waals surface area contributed by atoms with Gasteiger partial charge in [0.1, 0.15) is 11.1 Å². The average molecular weight is 474 g/mol. The Bertz CT molecular complexity index is 906. The number of carbonyl (C=O) groups is 4. The third-order valence-electron chi connectivity index (χ3n) is 4.70. The van der Waals surface area contributed by atoms with Crippen LogP contribution in [0.25, 0.3) is 0 Å². The molecule has 0 aliphatic carbocycles. The Hall–Kier alpha value is -4.08. The number of aromatic carboxylic acids is 2. The van der Waals surface area contributed by atoms with E-state index < -0.39 is 23.9 Å². The third kappa shape index (κ3) is 9.19. The molecular formula is C24H26O10. The molecule has 34 heavy (non-hydrogen) atoms. The van der Waals surface area contributed by atoms with Gasteiger partial charge in [0.15, 0.2) is 11.5 Å². The van der Waals surface area contributed by atoms with Crippen molar-refractivity contribution >= 4 is 23.9 Å². The molecule has 0 amide bonds. The van der Waals surface area contributed by atoms with Gasteiger partial charge in [-0.2, -0.15) is 0 Å². The highest BCUT2D eigenvalue weighted by Crippen LogP contribution is 2.19. The van der Waals surface area contributed by atoms with Gasteiger partial charge >= 0.3 is 23.9 Å². The van der Waals surface area contributed by atoms with Gasteiger partial charge in [0.05, 0.1) is 12.8 Å². The van der Waals surface area contributed by atoms with Crippen molar-refractivity contribution in [1.82, 2.24) is 0 Å². The van der Waals surface area contributed by atoms with Gasteiger partial charge in [-0.15, -0.1) is 0 Å². The molecular weight excluding hydrogens is 448 g/mol. The monoisotopic (exact) mass is 474 g/mol. The van der Waals surface area contributed by atoms with Crippen LogP contribution in [-0.2, 0) is 19.4 Å². The predicted octanol–water partition coefficient (Wildman–Crippen LogP) is 4.58. The van der Waals surface area contributed by atoms with Gasteiger partial charge in [0.2, 0.25) is 0 Å². The molecule has 0 aliphatic rings. The molecule has 2 N–H and O–H groups in total. The summed E-state index contributed by atoms with van der Waals surface area (Å²) in [6.07, 6.45) is 4.71. The summed E-state index contributed by atoms with van der Waals surface area (Å²) in [4.78, 5) is 64.7. The van der Waals surface area contributed by atoms with Crippen molar-refractivity contribution in [3.63, 3.8) is 0 Å². The number of carboxylic acids is 2. The van der Waals surface area contributed by atoms with Gasteiger partial charge in [-0.05, 0) is 37.1 Å². The van der Waals surface area contributed by atoms with Gasteiger partial charge in [0.25, 0.3) is 0 Å². The first-order valence-corrected chi connectivity index (χ1v) is 10.8. The van der Waals surface area contributed by atoms with Gasteiger partial charge in [-0.1, -0.05) is 49.9 Å². The highest BCUT2D eigenvalue weighted by molar-refractivity contribution is 5.91. The minimum absolute atomic E-state index is 0.0432. The average Bonchev–Trinajstić information content (AvgIpc) is 2.83. The Balaban J connectivity index is 1.50. The van der Waals surface area contributed by atoms with Crippen molar-refractivity contribution in [3.05, 3.63) is 59.7 Å². The highest BCUT2D eigenvalue weighted by atomic mass is 17.2. The quantitative estimate of drug-likeness (QED) is 0.214. The van der Waals surface area contributed by atoms with Crippen LogP contribution in [0.15, 0.2) is 48.5 Å². The summed E-state index contributed by atoms with van der Waals surface area (Å²) in [6, 6.07) is 11.7. The van der Waals surface area contributed by atoms with E-state index in [1.165, 1.54) is 36.4 Å². The normalized spacial score (nSPS) is 10.2. The lowest BCUT2D eigenvalue weighted by Gasteiger charge is -2.07. The van der Waals surface area contributed by atoms with Gasteiger partial charge in [0, 0.05) is 0 Å². The summed E-state index contributed by atoms with van der Waals surface area (Å²) >= 11 is 0. The van der Waals surface area contributed by atoms with Crippen molar-refractivity contribution in [2.24, 2.45) is 0 Å². The molecule has 10 nitrogen and oxygen atoms in total. The first-order chi connectivity index (χ1) is 16.4. The van der Waals surface area contributed by atoms with E-state index in [2.05, 4.69) is 9.78 Å². The molecule has 182 valence electrons. The minimum atomic E-state index is -1.18. The van der Waals surface area contributed by atoms with E-state index in [0.29, 0.717) is 12.8 Å². The number of unbranched alkanes of at least 4 members (excludes halogenated alkanes) is 5. The second-order valence-electron chi connectivity index (χ2n) is 7.30. The summed E-state index contributed by atoms with van der Waals surface area (Å²) in [5.41, 5.74) is -0.202. The molecule has 0 heterocycles. The van der Waals surface area contributed by atoms with Crippen LogP contribution in [0.4, 0.5) is 0 Å². The zero-order valence-corrected chi connectivity index (χ0v) is 18.4. The molecule has 0 aliphatic heterocycles. The Labute approximate surface area is 195 Å². The maximum atomic E-state index is 11.7. The van der Waals surface area contributed by atoms with Crippen molar-refractivity contribution in [3.8, 4) is 11.5 Å². The molecule has 0 radical (unpaired) electrons. The van der Waals surface area contributed by atoms with Crippen LogP contribution in [0.3, 0.4) is 0 Å². The number of carbonyl (C=O) groups excluding carboxylic acids is 2. The molecule has 2 rings (SSSR count). The zero-order chi connectivity index (χ0) is 24.8. The van der Waals surface area contributed by atoms with Crippen LogP contribution >= 0.6 is 0 Å². The van der Waals surface area contributed by atoms with Crippen LogP contribution in [0, 0.1) is 0 Å². The SMILES string of the molecule is O=C(CCCCCCCCC(=O)OOc1ccccc1C(=O)O)OOc1ccccc1C(=O)O. The largest absolute Gasteiger partial charge is 0.478 e. The lowest BCUT2D eigenvalue weighted by molar-refractivity contribution is -0.214. The summed E-state index contributed by atoms with van der Waals surface area (Å²) in [5.74, 6) is -3.64. The summed E-state index contributed by atoms with van der Waals surface area (Å²) in [6.45, 7) is 0. The van der Waals surface area contributed by atoms with Crippen LogP contribution < -0.4 is 9.78 Å². The predicted molar refractivity (Wildman–Crippen MR) is 117 cm³/mol. The lowest BCUT2D eigenvalue weighted by atomic mass is 10.1. The summed E-state index contributed by atoms with van der Waals surface area (Å²) < 4.78 is 0. The number of carboxylic acid groups (broad SMARTS) is 2. The van der Waals surface area contributed by atoms with Gasteiger partial charge in [-0.25, -0.2) is 19.2 Å². The molecule has 0 atom stereocenters. The maximum Gasteiger partial charge on any atom is 0.355 e. The summed E-state index contributed by atoms with van der Waals surface area (Å²) in [7, 11) is 0. The lowest BCUT2D eigenvalue weighted by Crippen LogP contribution is -2.10. The van der Waals surface area contributed by atoms with E-state index in [-0.39, 0.29) is 35.5 Å². The van der Waals surface area contributed by atoms with E-state index in [4.69, 9.17) is 20.0 Å². The Kier molecular flexibility index (Phi) is 10.9. The smallest absolute Gasteiger partial charge is 0.355 e. The van der Waals surface area contributed by atoms with E-state index in [0.717, 1.165) is 25.7 Å². The molecule has 0 saturated heterocycles. The Morgan fingerprint density at radius 1 is 0.559 bits per heavy atom. The van der Waals surface area contributed by atoms with E-state index in [1.54, 1.807) is 12.1 Å². The van der Waals surface area contributed by atoms with Crippen molar-refractivity contribution < 1.29 is 48.9 Å². The fourth-order valence-corrected chi connectivity index (χ4v) is 2.94. The number of hydrogen-bond donors (Lipinski definition) is 2. The summed E-state index contributed by atoms with van der Waals surface area (Å²) in [5, 5.41) is 18.1. The Morgan fingerprint density at radius 3 is 1.29 bits per heavy atom. The minimum Gasteiger partial charge on any atom is -0.478 e. The van der Waals surface area contributed by atoms with Crippen molar-refractivity contribution in [2.45, 2.75) is 51.4 Å². The third-order valence-corrected chi connectivity index (χ3v) is 4.70. The number of para-hydroxylation sites is 2. The molecule has 0 bridgehead atoms. The number of benzene rings is 2. The van der Waals surface area contributed by atoms with Crippen LogP contribution in [0.2, 0.25) is 0 Å². The molecule has 0 unspecified atom stereocenters. The first-order valence-electron chi connectivity index (χ1n) is 10.8. The molecule has 0 saturated carbocycles. The van der Waals surface area contributed by atoms with Gasteiger partial charge in [-0.3, -0.25) is 19.6 Å². The standard InChI is InChI=1S/C24H26O10/c25-21(33-31-19-13-9-7-11-17(19)23(27)28)15-5-3-1-2-4-6-16-22(26)34-32-20-14-10-8-12-18(20)24(29)30/h7-14H,1-6,15-16H2,(H,27,28)(H,29,30). The van der Waals surface area contributed by atoms with Gasteiger partial charge < -0.3 is 10.2 Å². The molecule has 0 aromatic heterocycles. The zero-order valence-electron chi connectivity index (χ0n) is 18.4. The topological polar surface area (TPSA) is 146 Å². The first kappa shape index (κ1) is 26.2. The molecule has 0 spiro atoms. The van der Waals surface area contributed by atoms with Crippen LogP contribution in [0.1, 0.15) is 72.1 Å². The van der Waals surface area contributed by atoms with Crippen molar-refractivity contribution in [1.29, 1.82) is 0 Å². The van der Waals surface area contributed by atoms with E-state index in [9.17, 15) is 19.2 Å². The second kappa shape index (κ2) is 14.1. The molecule has 10 heteroatoms. The van der Waals surface area contributed by atoms with Crippen molar-refractivity contribution in [2.75, 3.05) is 0 Å². The van der Waals surface area contributed by atoms with Crippen LogP contribution in [0.5, 0.6) is 11.5 Å². The molecule has 2 aromatic carbocycles. The molecule has 0 fully saturated rings. The fourth-order valence-electron chi connectivity index (χ4n) is 2.94. The second-order valence-corrected chi connectivity index (χ2v) is 7.30. The van der Waals surface area contributed by atoms with Crippen LogP contribution in [-0.4, -0.2) is 34.1 Å². The Morgan fingerprint density at radius 2 is 0.912 bits per heavy atom. The number of rotatable bonds is 15. The fraction of sp³-hybridized carbons (Fsp3) is 0.333.